The first-order valence-corrected chi connectivity index (χ1v) is 7.70. The summed E-state index contributed by atoms with van der Waals surface area (Å²) < 4.78 is 0. The SMILES string of the molecule is C1=C(C2NC(c3ccccc3)N2)CNC(c2ccccc2)N1. The van der Waals surface area contributed by atoms with E-state index < -0.39 is 0 Å². The minimum atomic E-state index is 0.190. The fraction of sp³-hybridized carbons (Fsp3) is 0.222. The third-order valence-corrected chi connectivity index (χ3v) is 4.25. The first kappa shape index (κ1) is 13.5. The van der Waals surface area contributed by atoms with Crippen LogP contribution in [0.5, 0.6) is 0 Å². The molecule has 112 valence electrons. The minimum absolute atomic E-state index is 0.190. The molecule has 4 heteroatoms. The summed E-state index contributed by atoms with van der Waals surface area (Å²) in [4.78, 5) is 0. The Bertz CT molecular complexity index is 647. The maximum absolute atomic E-state index is 3.56. The normalized spacial score (nSPS) is 27.5. The molecule has 0 amide bonds. The molecule has 0 bridgehead atoms. The Hall–Kier alpha value is -2.14. The van der Waals surface area contributed by atoms with Gasteiger partial charge in [-0.15, -0.1) is 0 Å². The minimum Gasteiger partial charge on any atom is -0.372 e. The molecule has 2 aliphatic heterocycles. The Kier molecular flexibility index (Phi) is 3.64. The Labute approximate surface area is 130 Å². The molecule has 1 fully saturated rings. The Morgan fingerprint density at radius 2 is 1.27 bits per heavy atom. The van der Waals surface area contributed by atoms with E-state index in [4.69, 9.17) is 0 Å². The number of nitrogens with one attached hydrogen (secondary N) is 4. The first-order chi connectivity index (χ1) is 10.9. The Morgan fingerprint density at radius 3 is 1.82 bits per heavy atom. The van der Waals surface area contributed by atoms with Gasteiger partial charge in [0, 0.05) is 12.7 Å². The number of hydrogen-bond acceptors (Lipinski definition) is 4. The van der Waals surface area contributed by atoms with Gasteiger partial charge in [-0.25, -0.2) is 0 Å². The van der Waals surface area contributed by atoms with Crippen LogP contribution in [0.4, 0.5) is 0 Å². The van der Waals surface area contributed by atoms with Gasteiger partial charge in [0.05, 0.1) is 12.3 Å². The van der Waals surface area contributed by atoms with E-state index >= 15 is 0 Å². The molecule has 0 saturated carbocycles. The van der Waals surface area contributed by atoms with Crippen LogP contribution in [0.25, 0.3) is 0 Å². The van der Waals surface area contributed by atoms with E-state index in [9.17, 15) is 0 Å². The smallest absolute Gasteiger partial charge is 0.103 e. The van der Waals surface area contributed by atoms with Crippen LogP contribution >= 0.6 is 0 Å². The highest BCUT2D eigenvalue weighted by Crippen LogP contribution is 2.22. The van der Waals surface area contributed by atoms with Crippen LogP contribution in [0, 0.1) is 0 Å². The van der Waals surface area contributed by atoms with Gasteiger partial charge in [-0.1, -0.05) is 60.7 Å². The number of rotatable bonds is 3. The average molecular weight is 292 g/mol. The van der Waals surface area contributed by atoms with Crippen LogP contribution < -0.4 is 21.3 Å². The summed E-state index contributed by atoms with van der Waals surface area (Å²) in [5.41, 5.74) is 3.84. The summed E-state index contributed by atoms with van der Waals surface area (Å²) in [6.07, 6.45) is 2.80. The lowest BCUT2D eigenvalue weighted by Crippen LogP contribution is -2.63. The average Bonchev–Trinajstić information content (AvgIpc) is 2.56. The van der Waals surface area contributed by atoms with Crippen molar-refractivity contribution in [3.63, 3.8) is 0 Å². The summed E-state index contributed by atoms with van der Waals surface area (Å²) in [7, 11) is 0. The molecule has 4 rings (SSSR count). The van der Waals surface area contributed by atoms with Crippen LogP contribution in [0.3, 0.4) is 0 Å². The molecule has 2 aliphatic rings. The molecule has 22 heavy (non-hydrogen) atoms. The lowest BCUT2D eigenvalue weighted by molar-refractivity contribution is 0.223. The van der Waals surface area contributed by atoms with E-state index in [2.05, 4.69) is 76.0 Å². The lowest BCUT2D eigenvalue weighted by atomic mass is 10.0. The van der Waals surface area contributed by atoms with Crippen molar-refractivity contribution in [1.29, 1.82) is 0 Å². The monoisotopic (exact) mass is 292 g/mol. The number of benzene rings is 2. The molecule has 4 N–H and O–H groups in total. The standard InChI is InChI=1S/C18H20N4/c1-3-7-13(8-4-1)16-19-11-15(12-20-16)18-21-17(22-18)14-9-5-2-6-10-14/h1-11,16-22H,12H2. The maximum Gasteiger partial charge on any atom is 0.103 e. The predicted octanol–water partition coefficient (Wildman–Crippen LogP) is 1.98. The predicted molar refractivity (Wildman–Crippen MR) is 87.6 cm³/mol. The van der Waals surface area contributed by atoms with Gasteiger partial charge in [-0.05, 0) is 16.7 Å². The van der Waals surface area contributed by atoms with Crippen LogP contribution in [0.2, 0.25) is 0 Å². The van der Waals surface area contributed by atoms with Gasteiger partial charge in [0.2, 0.25) is 0 Å². The van der Waals surface area contributed by atoms with E-state index in [1.807, 2.05) is 12.1 Å². The zero-order chi connectivity index (χ0) is 14.8. The number of hydrogen-bond donors (Lipinski definition) is 4. The van der Waals surface area contributed by atoms with Gasteiger partial charge in [0.1, 0.15) is 6.17 Å². The van der Waals surface area contributed by atoms with E-state index in [-0.39, 0.29) is 18.5 Å². The lowest BCUT2D eigenvalue weighted by Gasteiger charge is -2.42. The fourth-order valence-corrected chi connectivity index (χ4v) is 2.95. The second-order valence-electron chi connectivity index (χ2n) is 5.72. The van der Waals surface area contributed by atoms with Crippen molar-refractivity contribution in [3.8, 4) is 0 Å². The van der Waals surface area contributed by atoms with Gasteiger partial charge in [0.25, 0.3) is 0 Å². The van der Waals surface area contributed by atoms with Crippen LogP contribution in [0.1, 0.15) is 23.5 Å². The molecule has 1 saturated heterocycles. The highest BCUT2D eigenvalue weighted by Gasteiger charge is 2.32. The molecule has 1 unspecified atom stereocenters. The van der Waals surface area contributed by atoms with Crippen molar-refractivity contribution in [2.24, 2.45) is 0 Å². The Balaban J connectivity index is 1.35. The van der Waals surface area contributed by atoms with Crippen molar-refractivity contribution >= 4 is 0 Å². The van der Waals surface area contributed by atoms with Crippen molar-refractivity contribution in [2.45, 2.75) is 18.5 Å². The van der Waals surface area contributed by atoms with E-state index in [1.54, 1.807) is 0 Å². The zero-order valence-corrected chi connectivity index (χ0v) is 12.3. The van der Waals surface area contributed by atoms with E-state index in [0.29, 0.717) is 0 Å². The molecule has 4 nitrogen and oxygen atoms in total. The summed E-state index contributed by atoms with van der Waals surface area (Å²) in [5, 5.41) is 14.1. The largest absolute Gasteiger partial charge is 0.372 e. The molecule has 1 atom stereocenters. The summed E-state index contributed by atoms with van der Waals surface area (Å²) >= 11 is 0. The molecule has 0 radical (unpaired) electrons. The summed E-state index contributed by atoms with van der Waals surface area (Å²) in [5.74, 6) is 0. The first-order valence-electron chi connectivity index (χ1n) is 7.70. The topological polar surface area (TPSA) is 48.1 Å². The fourth-order valence-electron chi connectivity index (χ4n) is 2.95. The second-order valence-corrected chi connectivity index (χ2v) is 5.72. The molecule has 0 aliphatic carbocycles. The van der Waals surface area contributed by atoms with Crippen molar-refractivity contribution < 1.29 is 0 Å². The Morgan fingerprint density at radius 1 is 0.682 bits per heavy atom. The molecule has 2 aromatic rings. The van der Waals surface area contributed by atoms with Gasteiger partial charge in [-0.3, -0.25) is 16.0 Å². The third-order valence-electron chi connectivity index (χ3n) is 4.25. The van der Waals surface area contributed by atoms with Crippen LogP contribution in [-0.4, -0.2) is 12.7 Å². The summed E-state index contributed by atoms with van der Waals surface area (Å²) in [6, 6.07) is 20.9. The quantitative estimate of drug-likeness (QED) is 0.699. The zero-order valence-electron chi connectivity index (χ0n) is 12.3. The maximum atomic E-state index is 3.56. The molecular weight excluding hydrogens is 272 g/mol. The van der Waals surface area contributed by atoms with E-state index in [0.717, 1.165) is 6.54 Å². The molecule has 0 aromatic heterocycles. The van der Waals surface area contributed by atoms with Crippen molar-refractivity contribution in [1.82, 2.24) is 21.3 Å². The molecule has 0 spiro atoms. The van der Waals surface area contributed by atoms with Crippen LogP contribution in [-0.2, 0) is 0 Å². The highest BCUT2D eigenvalue weighted by molar-refractivity contribution is 5.27. The van der Waals surface area contributed by atoms with Crippen molar-refractivity contribution in [2.75, 3.05) is 6.54 Å². The molecular formula is C18H20N4. The third kappa shape index (κ3) is 2.64. The second kappa shape index (κ2) is 5.93. The van der Waals surface area contributed by atoms with Crippen LogP contribution in [0.15, 0.2) is 72.4 Å². The molecule has 2 aromatic carbocycles. The highest BCUT2D eigenvalue weighted by atomic mass is 15.4. The van der Waals surface area contributed by atoms with Gasteiger partial charge >= 0.3 is 0 Å². The van der Waals surface area contributed by atoms with E-state index in [1.165, 1.54) is 16.7 Å². The van der Waals surface area contributed by atoms with Gasteiger partial charge in [-0.2, -0.15) is 0 Å². The van der Waals surface area contributed by atoms with Crippen molar-refractivity contribution in [3.05, 3.63) is 83.6 Å². The van der Waals surface area contributed by atoms with Gasteiger partial charge < -0.3 is 5.32 Å². The summed E-state index contributed by atoms with van der Waals surface area (Å²) in [6.45, 7) is 0.874. The van der Waals surface area contributed by atoms with Gasteiger partial charge in [0.15, 0.2) is 0 Å². The molecule has 2 heterocycles.